The van der Waals surface area contributed by atoms with Crippen LogP contribution in [0.15, 0.2) is 46.8 Å². The Kier molecular flexibility index (Phi) is 5.53. The number of fused-ring (bicyclic) bond motifs is 1. The lowest BCUT2D eigenvalue weighted by atomic mass is 9.50. The van der Waals surface area contributed by atoms with Crippen LogP contribution in [0, 0.1) is 22.7 Å². The van der Waals surface area contributed by atoms with Crippen LogP contribution in [0.4, 0.5) is 0 Å². The average molecular weight is 357 g/mol. The summed E-state index contributed by atoms with van der Waals surface area (Å²) in [4.78, 5) is 0. The molecule has 1 N–H and O–H groups in total. The molecule has 0 aromatic carbocycles. The predicted molar refractivity (Wildman–Crippen MR) is 108 cm³/mol. The Morgan fingerprint density at radius 3 is 2.85 bits per heavy atom. The number of furan rings is 1. The van der Waals surface area contributed by atoms with Crippen LogP contribution in [0.3, 0.4) is 0 Å². The topological polar surface area (TPSA) is 33.4 Å². The van der Waals surface area contributed by atoms with Gasteiger partial charge in [0.15, 0.2) is 0 Å². The van der Waals surface area contributed by atoms with Crippen molar-refractivity contribution in [1.29, 1.82) is 0 Å². The fourth-order valence-corrected chi connectivity index (χ4v) is 5.65. The van der Waals surface area contributed by atoms with Crippen molar-refractivity contribution in [2.45, 2.75) is 78.7 Å². The smallest absolute Gasteiger partial charge is 0.0960 e. The van der Waals surface area contributed by atoms with E-state index in [1.54, 1.807) is 18.1 Å². The number of aliphatic hydroxyl groups is 1. The van der Waals surface area contributed by atoms with E-state index in [0.29, 0.717) is 11.8 Å². The molecule has 2 aliphatic carbocycles. The van der Waals surface area contributed by atoms with E-state index < -0.39 is 6.10 Å². The summed E-state index contributed by atoms with van der Waals surface area (Å²) >= 11 is 0. The molecule has 1 aromatic rings. The molecule has 0 aliphatic heterocycles. The fourth-order valence-electron chi connectivity index (χ4n) is 5.65. The molecule has 0 amide bonds. The molecule has 1 saturated carbocycles. The second-order valence-corrected chi connectivity index (χ2v) is 9.44. The second kappa shape index (κ2) is 7.38. The predicted octanol–water partition coefficient (Wildman–Crippen LogP) is 6.84. The highest BCUT2D eigenvalue weighted by molar-refractivity contribution is 5.29. The molecule has 0 unspecified atom stereocenters. The van der Waals surface area contributed by atoms with Gasteiger partial charge in [0.05, 0.1) is 18.6 Å². The van der Waals surface area contributed by atoms with E-state index >= 15 is 0 Å². The third kappa shape index (κ3) is 3.33. The molecule has 144 valence electrons. The third-order valence-corrected chi connectivity index (χ3v) is 7.58. The summed E-state index contributed by atoms with van der Waals surface area (Å²) in [6, 6.07) is 1.93. The lowest BCUT2D eigenvalue weighted by Crippen LogP contribution is -2.47. The molecule has 0 spiro atoms. The van der Waals surface area contributed by atoms with Crippen molar-refractivity contribution in [2.24, 2.45) is 22.7 Å². The van der Waals surface area contributed by atoms with Gasteiger partial charge < -0.3 is 9.52 Å². The Morgan fingerprint density at radius 2 is 2.19 bits per heavy atom. The van der Waals surface area contributed by atoms with Gasteiger partial charge in [0.1, 0.15) is 0 Å². The molecule has 2 nitrogen and oxygen atoms in total. The van der Waals surface area contributed by atoms with Crippen LogP contribution < -0.4 is 0 Å². The van der Waals surface area contributed by atoms with Gasteiger partial charge in [-0.2, -0.15) is 0 Å². The van der Waals surface area contributed by atoms with Gasteiger partial charge in [0.25, 0.3) is 0 Å². The van der Waals surface area contributed by atoms with Gasteiger partial charge >= 0.3 is 0 Å². The first kappa shape index (κ1) is 19.5. The van der Waals surface area contributed by atoms with Gasteiger partial charge in [0.2, 0.25) is 0 Å². The zero-order valence-corrected chi connectivity index (χ0v) is 17.1. The largest absolute Gasteiger partial charge is 0.472 e. The minimum Gasteiger partial charge on any atom is -0.472 e. The van der Waals surface area contributed by atoms with Crippen molar-refractivity contribution in [3.05, 3.63) is 48.0 Å². The van der Waals surface area contributed by atoms with E-state index in [2.05, 4.69) is 40.3 Å². The van der Waals surface area contributed by atoms with Crippen LogP contribution in [-0.4, -0.2) is 5.11 Å². The van der Waals surface area contributed by atoms with Gasteiger partial charge in [0, 0.05) is 11.0 Å². The van der Waals surface area contributed by atoms with Crippen LogP contribution in [0.1, 0.15) is 84.3 Å². The molecule has 1 fully saturated rings. The summed E-state index contributed by atoms with van der Waals surface area (Å²) in [6.45, 7) is 13.3. The quantitative estimate of drug-likeness (QED) is 0.566. The Bertz CT molecular complexity index is 656. The van der Waals surface area contributed by atoms with Crippen molar-refractivity contribution in [3.8, 4) is 0 Å². The maximum Gasteiger partial charge on any atom is 0.0960 e. The van der Waals surface area contributed by atoms with Crippen molar-refractivity contribution in [3.63, 3.8) is 0 Å². The fraction of sp³-hybridized carbons (Fsp3) is 0.667. The second-order valence-electron chi connectivity index (χ2n) is 9.44. The summed E-state index contributed by atoms with van der Waals surface area (Å²) in [5, 5.41) is 11.3. The lowest BCUT2D eigenvalue weighted by Gasteiger charge is -2.55. The molecule has 1 aromatic heterocycles. The van der Waals surface area contributed by atoms with Gasteiger partial charge in [-0.3, -0.25) is 0 Å². The molecule has 3 rings (SSSR count). The molecule has 26 heavy (non-hydrogen) atoms. The molecule has 0 radical (unpaired) electrons. The van der Waals surface area contributed by atoms with E-state index in [-0.39, 0.29) is 10.8 Å². The van der Waals surface area contributed by atoms with Crippen LogP contribution in [0.5, 0.6) is 0 Å². The first-order chi connectivity index (χ1) is 12.3. The monoisotopic (exact) mass is 356 g/mol. The summed E-state index contributed by atoms with van der Waals surface area (Å²) in [5.41, 5.74) is 3.97. The molecular formula is C24H36O2. The van der Waals surface area contributed by atoms with Gasteiger partial charge in [-0.25, -0.2) is 0 Å². The standard InChI is InChI=1S/C24H36O2/c1-17(2)8-6-13-23(4)14-7-9-21-20(23)11-10-18(3)24(21,5)22(25)19-12-15-26-16-19/h11-12,15-16,18,21-22,25H,1,6-10,13-14H2,2-5H3/t18-,21-,22-,23-,24+/m1/s1. The number of hydrogen-bond donors (Lipinski definition) is 1. The highest BCUT2D eigenvalue weighted by Gasteiger charge is 2.53. The zero-order valence-electron chi connectivity index (χ0n) is 17.1. The Labute approximate surface area is 159 Å². The Morgan fingerprint density at radius 1 is 1.42 bits per heavy atom. The molecule has 5 atom stereocenters. The minimum atomic E-state index is -0.470. The highest BCUT2D eigenvalue weighted by Crippen LogP contribution is 2.61. The maximum absolute atomic E-state index is 11.3. The average Bonchev–Trinajstić information content (AvgIpc) is 3.12. The summed E-state index contributed by atoms with van der Waals surface area (Å²) in [6.07, 6.45) is 13.8. The van der Waals surface area contributed by atoms with Crippen LogP contribution in [0.25, 0.3) is 0 Å². The van der Waals surface area contributed by atoms with E-state index in [1.807, 2.05) is 6.07 Å². The molecule has 2 aliphatic rings. The van der Waals surface area contributed by atoms with Crippen LogP contribution in [0.2, 0.25) is 0 Å². The SMILES string of the molecule is C=C(C)CCC[C@]1(C)CCC[C@@H]2C1=CC[C@@H](C)[C@]2(C)[C@H](O)c1ccoc1. The van der Waals surface area contributed by atoms with Gasteiger partial charge in [-0.15, -0.1) is 6.58 Å². The van der Waals surface area contributed by atoms with Crippen LogP contribution in [-0.2, 0) is 0 Å². The van der Waals surface area contributed by atoms with E-state index in [1.165, 1.54) is 37.7 Å². The highest BCUT2D eigenvalue weighted by atomic mass is 16.3. The van der Waals surface area contributed by atoms with E-state index in [4.69, 9.17) is 4.42 Å². The molecular weight excluding hydrogens is 320 g/mol. The van der Waals surface area contributed by atoms with Crippen molar-refractivity contribution >= 4 is 0 Å². The normalized spacial score (nSPS) is 35.5. The van der Waals surface area contributed by atoms with Crippen molar-refractivity contribution in [1.82, 2.24) is 0 Å². The lowest BCUT2D eigenvalue weighted by molar-refractivity contribution is -0.0608. The molecule has 0 bridgehead atoms. The van der Waals surface area contributed by atoms with Gasteiger partial charge in [-0.05, 0) is 68.8 Å². The van der Waals surface area contributed by atoms with Crippen molar-refractivity contribution < 1.29 is 9.52 Å². The Balaban J connectivity index is 1.89. The summed E-state index contributed by atoms with van der Waals surface area (Å²) in [5.74, 6) is 0.915. The molecule has 2 heteroatoms. The summed E-state index contributed by atoms with van der Waals surface area (Å²) in [7, 11) is 0. The van der Waals surface area contributed by atoms with E-state index in [9.17, 15) is 5.11 Å². The first-order valence-corrected chi connectivity index (χ1v) is 10.3. The number of rotatable bonds is 6. The molecule has 1 heterocycles. The third-order valence-electron chi connectivity index (χ3n) is 7.58. The first-order valence-electron chi connectivity index (χ1n) is 10.3. The number of aliphatic hydroxyl groups excluding tert-OH is 1. The number of hydrogen-bond acceptors (Lipinski definition) is 2. The minimum absolute atomic E-state index is 0.135. The Hall–Kier alpha value is -1.28. The van der Waals surface area contributed by atoms with Gasteiger partial charge in [-0.1, -0.05) is 44.4 Å². The zero-order chi connectivity index (χ0) is 18.9. The van der Waals surface area contributed by atoms with E-state index in [0.717, 1.165) is 18.4 Å². The number of allylic oxidation sites excluding steroid dienone is 3. The van der Waals surface area contributed by atoms with Crippen LogP contribution >= 0.6 is 0 Å². The molecule has 0 saturated heterocycles. The summed E-state index contributed by atoms with van der Waals surface area (Å²) < 4.78 is 5.28. The maximum atomic E-state index is 11.3. The van der Waals surface area contributed by atoms with Crippen molar-refractivity contribution in [2.75, 3.05) is 0 Å².